The largest absolute Gasteiger partial charge is 0.463 e. The monoisotopic (exact) mass is 628 g/mol. The van der Waals surface area contributed by atoms with E-state index in [4.69, 9.17) is 13.6 Å². The summed E-state index contributed by atoms with van der Waals surface area (Å²) < 4.78 is 20.5. The van der Waals surface area contributed by atoms with Crippen LogP contribution in [-0.2, 0) is 26.2 Å². The van der Waals surface area contributed by atoms with E-state index in [1.165, 1.54) is 21.9 Å². The molecule has 0 fully saturated rings. The smallest absolute Gasteiger partial charge is 0.417 e. The minimum atomic E-state index is -1.79. The van der Waals surface area contributed by atoms with Crippen LogP contribution >= 0.6 is 8.60 Å². The van der Waals surface area contributed by atoms with Crippen LogP contribution in [-0.4, -0.2) is 5.60 Å². The number of hydrogen-bond acceptors (Lipinski definition) is 3. The van der Waals surface area contributed by atoms with Crippen LogP contribution in [0.4, 0.5) is 0 Å². The lowest BCUT2D eigenvalue weighted by molar-refractivity contribution is 0.0914. The molecule has 45 heavy (non-hydrogen) atoms. The molecule has 0 aliphatic carbocycles. The second-order valence-corrected chi connectivity index (χ2v) is 18.4. The molecule has 0 N–H and O–H groups in total. The number of benzene rings is 4. The zero-order valence-corrected chi connectivity index (χ0v) is 31.5. The third kappa shape index (κ3) is 8.41. The van der Waals surface area contributed by atoms with Gasteiger partial charge in [-0.15, -0.1) is 0 Å². The fourth-order valence-corrected chi connectivity index (χ4v) is 6.56. The third-order valence-electron chi connectivity index (χ3n) is 8.74. The molecule has 0 aliphatic rings. The normalized spacial score (nSPS) is 13.6. The van der Waals surface area contributed by atoms with Crippen molar-refractivity contribution in [2.24, 2.45) is 0 Å². The standard InChI is InChI=1S/C41H57O3P/c1-16-41(14,15)44-45(42-35-25-27-17-19-31(37(2,3)4)21-29(27)23-33(35)39(8,9)10)43-36-26-28-18-20-32(38(5,6)7)22-30(28)24-34(36)40(11,12)13/h17-26H,16H2,1-15H3. The van der Waals surface area contributed by atoms with E-state index in [-0.39, 0.29) is 21.7 Å². The van der Waals surface area contributed by atoms with Crippen LogP contribution in [0.25, 0.3) is 21.5 Å². The van der Waals surface area contributed by atoms with Gasteiger partial charge < -0.3 is 9.05 Å². The van der Waals surface area contributed by atoms with Gasteiger partial charge in [-0.05, 0) is 98.9 Å². The van der Waals surface area contributed by atoms with Crippen LogP contribution in [0.5, 0.6) is 11.5 Å². The quantitative estimate of drug-likeness (QED) is 0.191. The van der Waals surface area contributed by atoms with Crippen molar-refractivity contribution in [1.29, 1.82) is 0 Å². The Morgan fingerprint density at radius 1 is 0.467 bits per heavy atom. The highest BCUT2D eigenvalue weighted by atomic mass is 31.2. The molecule has 4 aromatic rings. The second-order valence-electron chi connectivity index (χ2n) is 17.4. The van der Waals surface area contributed by atoms with Crippen molar-refractivity contribution in [3.63, 3.8) is 0 Å². The van der Waals surface area contributed by atoms with Gasteiger partial charge in [0.1, 0.15) is 11.5 Å². The summed E-state index contributed by atoms with van der Waals surface area (Å²) in [6, 6.07) is 22.4. The van der Waals surface area contributed by atoms with Crippen LogP contribution in [0.3, 0.4) is 0 Å². The molecule has 0 heterocycles. The van der Waals surface area contributed by atoms with Crippen LogP contribution in [0.1, 0.15) is 133 Å². The minimum Gasteiger partial charge on any atom is -0.417 e. The molecule has 4 aromatic carbocycles. The number of rotatable bonds is 7. The molecule has 244 valence electrons. The molecule has 0 saturated heterocycles. The van der Waals surface area contributed by atoms with E-state index in [2.05, 4.69) is 165 Å². The highest BCUT2D eigenvalue weighted by Gasteiger charge is 2.32. The van der Waals surface area contributed by atoms with E-state index in [0.29, 0.717) is 0 Å². The Bertz CT molecular complexity index is 1550. The molecule has 3 nitrogen and oxygen atoms in total. The Kier molecular flexibility index (Phi) is 9.56. The number of fused-ring (bicyclic) bond motifs is 2. The van der Waals surface area contributed by atoms with E-state index in [0.717, 1.165) is 39.8 Å². The van der Waals surface area contributed by atoms with E-state index < -0.39 is 14.2 Å². The first kappa shape index (κ1) is 35.2. The van der Waals surface area contributed by atoms with Gasteiger partial charge in [-0.1, -0.05) is 126 Å². The molecular formula is C41H57O3P. The van der Waals surface area contributed by atoms with Crippen molar-refractivity contribution < 1.29 is 13.6 Å². The van der Waals surface area contributed by atoms with Gasteiger partial charge in [0, 0.05) is 11.1 Å². The third-order valence-corrected chi connectivity index (χ3v) is 10.1. The predicted octanol–water partition coefficient (Wildman–Crippen LogP) is 13.1. The summed E-state index contributed by atoms with van der Waals surface area (Å²) in [6.07, 6.45) is 0.831. The van der Waals surface area contributed by atoms with Gasteiger partial charge >= 0.3 is 8.60 Å². The van der Waals surface area contributed by atoms with E-state index in [1.807, 2.05) is 0 Å². The summed E-state index contributed by atoms with van der Waals surface area (Å²) >= 11 is 0. The van der Waals surface area contributed by atoms with Crippen molar-refractivity contribution in [3.05, 3.63) is 82.9 Å². The SMILES string of the molecule is CCC(C)(C)OP(Oc1cc2ccc(C(C)(C)C)cc2cc1C(C)(C)C)Oc1cc2ccc(C(C)(C)C)cc2cc1C(C)(C)C. The average molecular weight is 629 g/mol. The van der Waals surface area contributed by atoms with Gasteiger partial charge in [-0.3, -0.25) is 4.52 Å². The van der Waals surface area contributed by atoms with E-state index in [1.54, 1.807) is 0 Å². The molecule has 0 atom stereocenters. The summed E-state index contributed by atoms with van der Waals surface area (Å²) in [5, 5.41) is 4.73. The Morgan fingerprint density at radius 3 is 1.16 bits per heavy atom. The topological polar surface area (TPSA) is 27.7 Å². The Balaban J connectivity index is 1.85. The lowest BCUT2D eigenvalue weighted by Crippen LogP contribution is -2.23. The van der Waals surface area contributed by atoms with Gasteiger partial charge in [-0.25, -0.2) is 0 Å². The van der Waals surface area contributed by atoms with Crippen molar-refractivity contribution in [3.8, 4) is 11.5 Å². The molecule has 0 unspecified atom stereocenters. The van der Waals surface area contributed by atoms with Crippen molar-refractivity contribution >= 4 is 30.1 Å². The average Bonchev–Trinajstić information content (AvgIpc) is 2.89. The maximum atomic E-state index is 6.88. The molecule has 4 heteroatoms. The summed E-state index contributed by atoms with van der Waals surface area (Å²) in [5.74, 6) is 1.62. The zero-order chi connectivity index (χ0) is 33.8. The maximum Gasteiger partial charge on any atom is 0.463 e. The lowest BCUT2D eigenvalue weighted by atomic mass is 9.83. The Morgan fingerprint density at radius 2 is 0.844 bits per heavy atom. The summed E-state index contributed by atoms with van der Waals surface area (Å²) in [7, 11) is -1.79. The van der Waals surface area contributed by atoms with Gasteiger partial charge in [0.05, 0.1) is 5.60 Å². The van der Waals surface area contributed by atoms with Gasteiger partial charge in [-0.2, -0.15) is 0 Å². The Labute approximate surface area is 275 Å². The van der Waals surface area contributed by atoms with E-state index in [9.17, 15) is 0 Å². The van der Waals surface area contributed by atoms with Crippen LogP contribution in [0.2, 0.25) is 0 Å². The molecule has 0 aromatic heterocycles. The number of hydrogen-bond donors (Lipinski definition) is 0. The molecule has 0 aliphatic heterocycles. The predicted molar refractivity (Wildman–Crippen MR) is 196 cm³/mol. The van der Waals surface area contributed by atoms with Crippen molar-refractivity contribution in [1.82, 2.24) is 0 Å². The van der Waals surface area contributed by atoms with Crippen LogP contribution in [0.15, 0.2) is 60.7 Å². The highest BCUT2D eigenvalue weighted by Crippen LogP contribution is 2.51. The van der Waals surface area contributed by atoms with Crippen LogP contribution < -0.4 is 9.05 Å². The molecule has 0 amide bonds. The maximum absolute atomic E-state index is 6.88. The molecule has 0 spiro atoms. The van der Waals surface area contributed by atoms with Gasteiger partial charge in [0.15, 0.2) is 0 Å². The first-order chi connectivity index (χ1) is 20.5. The minimum absolute atomic E-state index is 0.0753. The summed E-state index contributed by atoms with van der Waals surface area (Å²) in [4.78, 5) is 0. The van der Waals surface area contributed by atoms with Crippen molar-refractivity contribution in [2.75, 3.05) is 0 Å². The van der Waals surface area contributed by atoms with Crippen LogP contribution in [0, 0.1) is 0 Å². The zero-order valence-electron chi connectivity index (χ0n) is 30.7. The fraction of sp³-hybridized carbons (Fsp3) is 0.512. The van der Waals surface area contributed by atoms with E-state index >= 15 is 0 Å². The first-order valence-electron chi connectivity index (χ1n) is 16.5. The summed E-state index contributed by atoms with van der Waals surface area (Å²) in [6.45, 7) is 33.3. The highest BCUT2D eigenvalue weighted by molar-refractivity contribution is 7.42. The molecule has 0 saturated carbocycles. The molecule has 0 bridgehead atoms. The lowest BCUT2D eigenvalue weighted by Gasteiger charge is -2.31. The van der Waals surface area contributed by atoms with Gasteiger partial charge in [0.2, 0.25) is 0 Å². The van der Waals surface area contributed by atoms with Crippen molar-refractivity contribution in [2.45, 2.75) is 138 Å². The summed E-state index contributed by atoms with van der Waals surface area (Å²) in [5.41, 5.74) is 4.35. The fourth-order valence-electron chi connectivity index (χ4n) is 5.29. The molecule has 0 radical (unpaired) electrons. The second kappa shape index (κ2) is 12.2. The van der Waals surface area contributed by atoms with Gasteiger partial charge in [0.25, 0.3) is 0 Å². The molecular weight excluding hydrogens is 571 g/mol. The first-order valence-corrected chi connectivity index (χ1v) is 17.6. The molecule has 4 rings (SSSR count). The Hall–Kier alpha value is -2.61.